The Bertz CT molecular complexity index is 639. The Hall–Kier alpha value is -1.38. The summed E-state index contributed by atoms with van der Waals surface area (Å²) < 4.78 is 13.2. The zero-order valence-electron chi connectivity index (χ0n) is 11.1. The van der Waals surface area contributed by atoms with E-state index in [1.807, 2.05) is 6.07 Å². The molecule has 3 rings (SSSR count). The number of halogens is 2. The normalized spacial score (nSPS) is 15.2. The van der Waals surface area contributed by atoms with Gasteiger partial charge in [0.2, 0.25) is 0 Å². The van der Waals surface area contributed by atoms with E-state index in [0.29, 0.717) is 17.0 Å². The molecule has 0 fully saturated rings. The van der Waals surface area contributed by atoms with Crippen LogP contribution >= 0.6 is 11.6 Å². The Morgan fingerprint density at radius 2 is 1.90 bits per heavy atom. The van der Waals surface area contributed by atoms with Gasteiger partial charge in [-0.15, -0.1) is 0 Å². The van der Waals surface area contributed by atoms with Crippen molar-refractivity contribution in [1.29, 1.82) is 0 Å². The molecule has 0 saturated carbocycles. The van der Waals surface area contributed by atoms with Gasteiger partial charge in [0.15, 0.2) is 0 Å². The molecule has 104 valence electrons. The van der Waals surface area contributed by atoms with Crippen molar-refractivity contribution in [2.45, 2.75) is 31.8 Å². The van der Waals surface area contributed by atoms with Gasteiger partial charge in [0.05, 0.1) is 6.10 Å². The number of aliphatic hydroxyl groups is 1. The third-order valence-corrected chi connectivity index (χ3v) is 4.30. The van der Waals surface area contributed by atoms with E-state index in [-0.39, 0.29) is 5.82 Å². The zero-order valence-corrected chi connectivity index (χ0v) is 11.8. The van der Waals surface area contributed by atoms with Gasteiger partial charge in [-0.25, -0.2) is 4.39 Å². The predicted molar refractivity (Wildman–Crippen MR) is 78.5 cm³/mol. The van der Waals surface area contributed by atoms with Crippen molar-refractivity contribution in [3.63, 3.8) is 0 Å². The summed E-state index contributed by atoms with van der Waals surface area (Å²) in [5.41, 5.74) is 4.22. The molecule has 2 aromatic carbocycles. The van der Waals surface area contributed by atoms with E-state index >= 15 is 0 Å². The monoisotopic (exact) mass is 290 g/mol. The van der Waals surface area contributed by atoms with E-state index in [1.165, 1.54) is 35.7 Å². The molecule has 0 aromatic heterocycles. The molecule has 2 aromatic rings. The fourth-order valence-electron chi connectivity index (χ4n) is 2.82. The molecule has 1 aliphatic carbocycles. The molecule has 0 bridgehead atoms. The number of hydrogen-bond donors (Lipinski definition) is 1. The second-order valence-corrected chi connectivity index (χ2v) is 5.74. The first-order chi connectivity index (χ1) is 9.63. The molecule has 1 N–H and O–H groups in total. The van der Waals surface area contributed by atoms with Crippen LogP contribution in [0.2, 0.25) is 5.02 Å². The van der Waals surface area contributed by atoms with E-state index in [0.717, 1.165) is 18.4 Å². The molecular weight excluding hydrogens is 275 g/mol. The number of hydrogen-bond acceptors (Lipinski definition) is 1. The van der Waals surface area contributed by atoms with Crippen LogP contribution in [0.5, 0.6) is 0 Å². The average molecular weight is 291 g/mol. The third kappa shape index (κ3) is 2.72. The highest BCUT2D eigenvalue weighted by Gasteiger charge is 2.16. The van der Waals surface area contributed by atoms with Crippen molar-refractivity contribution in [2.24, 2.45) is 0 Å². The first-order valence-corrected chi connectivity index (χ1v) is 7.25. The van der Waals surface area contributed by atoms with Gasteiger partial charge in [-0.2, -0.15) is 0 Å². The fraction of sp³-hybridized carbons (Fsp3) is 0.294. The number of aliphatic hydroxyl groups excluding tert-OH is 1. The third-order valence-electron chi connectivity index (χ3n) is 3.93. The van der Waals surface area contributed by atoms with Crippen LogP contribution in [0.1, 0.15) is 34.8 Å². The first kappa shape index (κ1) is 13.6. The fourth-order valence-corrected chi connectivity index (χ4v) is 3.02. The van der Waals surface area contributed by atoms with Gasteiger partial charge in [-0.3, -0.25) is 0 Å². The highest BCUT2D eigenvalue weighted by Crippen LogP contribution is 2.28. The minimum Gasteiger partial charge on any atom is -0.388 e. The summed E-state index contributed by atoms with van der Waals surface area (Å²) in [5, 5.41) is 10.8. The average Bonchev–Trinajstić information content (AvgIpc) is 2.90. The van der Waals surface area contributed by atoms with Crippen molar-refractivity contribution in [3.05, 3.63) is 69.5 Å². The first-order valence-electron chi connectivity index (χ1n) is 6.87. The molecule has 0 spiro atoms. The van der Waals surface area contributed by atoms with Gasteiger partial charge in [-0.05, 0) is 59.7 Å². The molecule has 20 heavy (non-hydrogen) atoms. The van der Waals surface area contributed by atoms with E-state index in [1.54, 1.807) is 0 Å². The summed E-state index contributed by atoms with van der Waals surface area (Å²) in [6.45, 7) is 0. The lowest BCUT2D eigenvalue weighted by atomic mass is 9.98. The molecule has 1 nitrogen and oxygen atoms in total. The molecular formula is C17H16ClFO. The lowest BCUT2D eigenvalue weighted by Crippen LogP contribution is -2.03. The summed E-state index contributed by atoms with van der Waals surface area (Å²) in [5.74, 6) is -0.328. The van der Waals surface area contributed by atoms with Crippen molar-refractivity contribution in [2.75, 3.05) is 0 Å². The smallest absolute Gasteiger partial charge is 0.123 e. The van der Waals surface area contributed by atoms with Crippen LogP contribution < -0.4 is 0 Å². The molecule has 0 saturated heterocycles. The Labute approximate surface area is 123 Å². The number of aryl methyl sites for hydroxylation is 2. The van der Waals surface area contributed by atoms with Gasteiger partial charge < -0.3 is 5.11 Å². The van der Waals surface area contributed by atoms with Crippen LogP contribution in [-0.2, 0) is 19.3 Å². The maximum absolute atomic E-state index is 13.2. The van der Waals surface area contributed by atoms with Gasteiger partial charge >= 0.3 is 0 Å². The number of benzene rings is 2. The summed E-state index contributed by atoms with van der Waals surface area (Å²) >= 11 is 6.04. The molecule has 1 unspecified atom stereocenters. The predicted octanol–water partition coefficient (Wildman–Crippen LogP) is 4.24. The molecule has 1 aliphatic rings. The molecule has 0 aliphatic heterocycles. The zero-order chi connectivity index (χ0) is 14.1. The van der Waals surface area contributed by atoms with Crippen LogP contribution in [0.3, 0.4) is 0 Å². The highest BCUT2D eigenvalue weighted by atomic mass is 35.5. The Morgan fingerprint density at radius 3 is 2.75 bits per heavy atom. The van der Waals surface area contributed by atoms with Crippen molar-refractivity contribution in [3.8, 4) is 0 Å². The number of fused-ring (bicyclic) bond motifs is 1. The summed E-state index contributed by atoms with van der Waals surface area (Å²) in [7, 11) is 0. The SMILES string of the molecule is OC(Cc1cc(F)ccc1Cl)c1ccc2c(c1)CCC2. The largest absolute Gasteiger partial charge is 0.388 e. The van der Waals surface area contributed by atoms with E-state index < -0.39 is 6.10 Å². The minimum absolute atomic E-state index is 0.328. The van der Waals surface area contributed by atoms with Gasteiger partial charge in [0, 0.05) is 11.4 Å². The van der Waals surface area contributed by atoms with Gasteiger partial charge in [0.25, 0.3) is 0 Å². The standard InChI is InChI=1S/C17H16ClFO/c18-16-7-6-15(19)9-14(16)10-17(20)13-5-4-11-2-1-3-12(11)8-13/h4-9,17,20H,1-3,10H2. The van der Waals surface area contributed by atoms with Crippen LogP contribution in [0, 0.1) is 5.82 Å². The van der Waals surface area contributed by atoms with E-state index in [2.05, 4.69) is 12.1 Å². The Kier molecular flexibility index (Phi) is 3.77. The number of rotatable bonds is 3. The lowest BCUT2D eigenvalue weighted by Gasteiger charge is -2.14. The molecule has 3 heteroatoms. The second-order valence-electron chi connectivity index (χ2n) is 5.34. The van der Waals surface area contributed by atoms with E-state index in [4.69, 9.17) is 11.6 Å². The Balaban J connectivity index is 1.82. The topological polar surface area (TPSA) is 20.2 Å². The summed E-state index contributed by atoms with van der Waals surface area (Å²) in [6.07, 6.45) is 3.07. The quantitative estimate of drug-likeness (QED) is 0.896. The molecule has 0 radical (unpaired) electrons. The summed E-state index contributed by atoms with van der Waals surface area (Å²) in [6, 6.07) is 10.4. The van der Waals surface area contributed by atoms with Crippen molar-refractivity contribution in [1.82, 2.24) is 0 Å². The van der Waals surface area contributed by atoms with Crippen molar-refractivity contribution >= 4 is 11.6 Å². The lowest BCUT2D eigenvalue weighted by molar-refractivity contribution is 0.178. The minimum atomic E-state index is -0.653. The second kappa shape index (κ2) is 5.55. The molecule has 1 atom stereocenters. The molecule has 0 heterocycles. The van der Waals surface area contributed by atoms with Gasteiger partial charge in [-0.1, -0.05) is 29.8 Å². The van der Waals surface area contributed by atoms with Gasteiger partial charge in [0.1, 0.15) is 5.82 Å². The van der Waals surface area contributed by atoms with Crippen LogP contribution in [0.4, 0.5) is 4.39 Å². The maximum Gasteiger partial charge on any atom is 0.123 e. The Morgan fingerprint density at radius 1 is 1.10 bits per heavy atom. The van der Waals surface area contributed by atoms with Crippen LogP contribution in [-0.4, -0.2) is 5.11 Å². The highest BCUT2D eigenvalue weighted by molar-refractivity contribution is 6.31. The molecule has 0 amide bonds. The van der Waals surface area contributed by atoms with Crippen LogP contribution in [0.15, 0.2) is 36.4 Å². The van der Waals surface area contributed by atoms with E-state index in [9.17, 15) is 9.50 Å². The summed E-state index contributed by atoms with van der Waals surface area (Å²) in [4.78, 5) is 0. The van der Waals surface area contributed by atoms with Crippen molar-refractivity contribution < 1.29 is 9.50 Å². The van der Waals surface area contributed by atoms with Crippen LogP contribution in [0.25, 0.3) is 0 Å². The maximum atomic E-state index is 13.2.